The highest BCUT2D eigenvalue weighted by Crippen LogP contribution is 2.46. The number of hydrogen-bond acceptors (Lipinski definition) is 6. The van der Waals surface area contributed by atoms with Crippen molar-refractivity contribution in [2.45, 2.75) is 19.4 Å². The van der Waals surface area contributed by atoms with Gasteiger partial charge in [0.25, 0.3) is 0 Å². The van der Waals surface area contributed by atoms with Gasteiger partial charge in [-0.25, -0.2) is 0 Å². The van der Waals surface area contributed by atoms with E-state index in [0.29, 0.717) is 36.0 Å². The first-order valence-corrected chi connectivity index (χ1v) is 12.5. The third-order valence-electron chi connectivity index (χ3n) is 6.12. The van der Waals surface area contributed by atoms with Crippen LogP contribution in [0.25, 0.3) is 10.8 Å². The molecule has 180 valence electrons. The number of fused-ring (bicyclic) bond motifs is 2. The molecule has 0 bridgehead atoms. The lowest BCUT2D eigenvalue weighted by atomic mass is 9.83. The van der Waals surface area contributed by atoms with Crippen LogP contribution in [0.2, 0.25) is 0 Å². The van der Waals surface area contributed by atoms with Gasteiger partial charge in [0, 0.05) is 11.6 Å². The van der Waals surface area contributed by atoms with Gasteiger partial charge in [-0.3, -0.25) is 0 Å². The molecular formula is C29H23IN2O4. The van der Waals surface area contributed by atoms with E-state index in [-0.39, 0.29) is 11.6 Å². The molecule has 1 atom stereocenters. The fraction of sp³-hybridized carbons (Fsp3) is 0.138. The van der Waals surface area contributed by atoms with Crippen LogP contribution in [0.15, 0.2) is 84.3 Å². The maximum Gasteiger partial charge on any atom is 0.205 e. The minimum Gasteiger partial charge on any atom is -0.508 e. The average molecular weight is 590 g/mol. The van der Waals surface area contributed by atoms with Crippen LogP contribution in [0.3, 0.4) is 0 Å². The van der Waals surface area contributed by atoms with Gasteiger partial charge < -0.3 is 25.1 Å². The van der Waals surface area contributed by atoms with Crippen molar-refractivity contribution in [3.05, 3.63) is 105 Å². The summed E-state index contributed by atoms with van der Waals surface area (Å²) in [5.41, 5.74) is 9.03. The van der Waals surface area contributed by atoms with Crippen LogP contribution in [0.4, 0.5) is 0 Å². The molecule has 0 fully saturated rings. The van der Waals surface area contributed by atoms with Gasteiger partial charge in [-0.05, 0) is 69.6 Å². The second-order valence-electron chi connectivity index (χ2n) is 8.34. The summed E-state index contributed by atoms with van der Waals surface area (Å²) < 4.78 is 18.8. The van der Waals surface area contributed by atoms with Crippen LogP contribution in [0.1, 0.15) is 29.5 Å². The van der Waals surface area contributed by atoms with Gasteiger partial charge >= 0.3 is 0 Å². The molecule has 0 saturated carbocycles. The normalized spacial score (nSPS) is 14.6. The first-order valence-electron chi connectivity index (χ1n) is 11.5. The van der Waals surface area contributed by atoms with E-state index >= 15 is 0 Å². The van der Waals surface area contributed by atoms with Crippen molar-refractivity contribution in [1.82, 2.24) is 0 Å². The number of nitrogens with zero attached hydrogens (tertiary/aromatic N) is 1. The average Bonchev–Trinajstić information content (AvgIpc) is 2.87. The van der Waals surface area contributed by atoms with Gasteiger partial charge in [0.2, 0.25) is 5.88 Å². The summed E-state index contributed by atoms with van der Waals surface area (Å²) in [4.78, 5) is 0. The largest absolute Gasteiger partial charge is 0.508 e. The minimum absolute atomic E-state index is 0.0184. The van der Waals surface area contributed by atoms with Crippen LogP contribution in [0.5, 0.6) is 23.0 Å². The predicted octanol–water partition coefficient (Wildman–Crippen LogP) is 6.35. The highest BCUT2D eigenvalue weighted by Gasteiger charge is 2.32. The summed E-state index contributed by atoms with van der Waals surface area (Å²) in [6, 6.07) is 25.3. The number of allylic oxidation sites excluding steroid dienone is 1. The van der Waals surface area contributed by atoms with Crippen molar-refractivity contribution >= 4 is 33.4 Å². The Labute approximate surface area is 222 Å². The third kappa shape index (κ3) is 4.40. The Hall–Kier alpha value is -3.90. The van der Waals surface area contributed by atoms with Crippen LogP contribution < -0.4 is 19.9 Å². The SMILES string of the molecule is CCOc1cc([C@H]2C(C#N)=C(N)Oc3cc(O)ccc32)cc(I)c1OCc1cccc2ccccc12. The van der Waals surface area contributed by atoms with Gasteiger partial charge in [-0.15, -0.1) is 0 Å². The van der Waals surface area contributed by atoms with Gasteiger partial charge in [-0.2, -0.15) is 5.26 Å². The molecule has 3 N–H and O–H groups in total. The zero-order chi connectivity index (χ0) is 25.2. The number of hydrogen-bond donors (Lipinski definition) is 2. The number of nitriles is 1. The molecule has 0 aromatic heterocycles. The fourth-order valence-corrected chi connectivity index (χ4v) is 5.29. The van der Waals surface area contributed by atoms with Crippen molar-refractivity contribution in [1.29, 1.82) is 5.26 Å². The zero-order valence-corrected chi connectivity index (χ0v) is 21.7. The molecule has 0 radical (unpaired) electrons. The Morgan fingerprint density at radius 2 is 1.86 bits per heavy atom. The summed E-state index contributed by atoms with van der Waals surface area (Å²) in [7, 11) is 0. The van der Waals surface area contributed by atoms with Crippen LogP contribution in [-0.4, -0.2) is 11.7 Å². The van der Waals surface area contributed by atoms with E-state index in [0.717, 1.165) is 31.0 Å². The van der Waals surface area contributed by atoms with Crippen molar-refractivity contribution < 1.29 is 19.3 Å². The van der Waals surface area contributed by atoms with E-state index in [1.54, 1.807) is 12.1 Å². The third-order valence-corrected chi connectivity index (χ3v) is 6.92. The zero-order valence-electron chi connectivity index (χ0n) is 19.5. The number of nitrogens with two attached hydrogens (primary N) is 1. The topological polar surface area (TPSA) is 97.7 Å². The smallest absolute Gasteiger partial charge is 0.205 e. The van der Waals surface area contributed by atoms with Gasteiger partial charge in [-0.1, -0.05) is 48.5 Å². The van der Waals surface area contributed by atoms with Gasteiger partial charge in [0.1, 0.15) is 29.7 Å². The van der Waals surface area contributed by atoms with E-state index in [1.807, 2.05) is 37.3 Å². The Balaban J connectivity index is 1.55. The number of benzene rings is 4. The molecule has 1 aliphatic rings. The maximum absolute atomic E-state index is 9.93. The minimum atomic E-state index is -0.473. The Morgan fingerprint density at radius 3 is 2.67 bits per heavy atom. The van der Waals surface area contributed by atoms with Gasteiger partial charge in [0.15, 0.2) is 11.5 Å². The van der Waals surface area contributed by atoms with Crippen LogP contribution in [-0.2, 0) is 6.61 Å². The summed E-state index contributed by atoms with van der Waals surface area (Å²) in [5.74, 6) is 1.25. The monoisotopic (exact) mass is 590 g/mol. The lowest BCUT2D eigenvalue weighted by Crippen LogP contribution is -2.21. The van der Waals surface area contributed by atoms with Crippen molar-refractivity contribution in [2.24, 2.45) is 5.73 Å². The molecule has 0 aliphatic carbocycles. The van der Waals surface area contributed by atoms with E-state index < -0.39 is 5.92 Å². The summed E-state index contributed by atoms with van der Waals surface area (Å²) in [6.07, 6.45) is 0. The molecule has 0 unspecified atom stereocenters. The van der Waals surface area contributed by atoms with E-state index in [2.05, 4.69) is 52.9 Å². The quantitative estimate of drug-likeness (QED) is 0.254. The predicted molar refractivity (Wildman–Crippen MR) is 146 cm³/mol. The number of ether oxygens (including phenoxy) is 3. The second-order valence-corrected chi connectivity index (χ2v) is 9.50. The molecule has 6 nitrogen and oxygen atoms in total. The molecule has 0 amide bonds. The highest BCUT2D eigenvalue weighted by molar-refractivity contribution is 14.1. The maximum atomic E-state index is 9.93. The molecule has 5 rings (SSSR count). The van der Waals surface area contributed by atoms with E-state index in [9.17, 15) is 10.4 Å². The Bertz CT molecular complexity index is 1540. The second kappa shape index (κ2) is 9.99. The summed E-state index contributed by atoms with van der Waals surface area (Å²) in [5, 5.41) is 22.1. The number of halogens is 1. The highest BCUT2D eigenvalue weighted by atomic mass is 127. The Kier molecular flexibility index (Phi) is 6.61. The first-order chi connectivity index (χ1) is 17.5. The number of aromatic hydroxyl groups is 1. The molecule has 4 aromatic carbocycles. The molecule has 4 aromatic rings. The summed E-state index contributed by atoms with van der Waals surface area (Å²) >= 11 is 2.23. The van der Waals surface area contributed by atoms with Crippen molar-refractivity contribution in [2.75, 3.05) is 6.61 Å². The number of phenols is 1. The van der Waals surface area contributed by atoms with Crippen molar-refractivity contribution in [3.63, 3.8) is 0 Å². The fourth-order valence-electron chi connectivity index (χ4n) is 4.51. The van der Waals surface area contributed by atoms with Crippen LogP contribution in [0, 0.1) is 14.9 Å². The molecule has 0 spiro atoms. The molecular weight excluding hydrogens is 567 g/mol. The molecule has 1 aliphatic heterocycles. The van der Waals surface area contributed by atoms with Crippen molar-refractivity contribution in [3.8, 4) is 29.1 Å². The van der Waals surface area contributed by atoms with E-state index in [4.69, 9.17) is 19.9 Å². The standard InChI is InChI=1S/C29H23IN2O4/c1-2-34-26-13-19(27-22-11-10-20(33)14-25(22)36-29(32)23(27)15-31)12-24(30)28(26)35-16-18-8-5-7-17-6-3-4-9-21(17)18/h3-14,27,33H,2,16,32H2,1H3/t27-/m1/s1. The number of rotatable bonds is 6. The molecule has 7 heteroatoms. The molecule has 0 saturated heterocycles. The number of phenolic OH excluding ortho intramolecular Hbond substituents is 1. The Morgan fingerprint density at radius 1 is 1.06 bits per heavy atom. The molecule has 1 heterocycles. The lowest BCUT2D eigenvalue weighted by molar-refractivity contribution is 0.268. The first kappa shape index (κ1) is 23.8. The summed E-state index contributed by atoms with van der Waals surface area (Å²) in [6.45, 7) is 2.75. The lowest BCUT2D eigenvalue weighted by Gasteiger charge is -2.27. The van der Waals surface area contributed by atoms with Gasteiger partial charge in [0.05, 0.1) is 16.1 Å². The van der Waals surface area contributed by atoms with Crippen LogP contribution >= 0.6 is 22.6 Å². The van der Waals surface area contributed by atoms with E-state index in [1.165, 1.54) is 6.07 Å². The molecule has 36 heavy (non-hydrogen) atoms.